The highest BCUT2D eigenvalue weighted by Crippen LogP contribution is 2.34. The molecule has 2 aromatic rings. The molecular formula is C18H17F3N4. The molecule has 25 heavy (non-hydrogen) atoms. The van der Waals surface area contributed by atoms with E-state index in [0.29, 0.717) is 12.2 Å². The minimum atomic E-state index is -4.54. The Bertz CT molecular complexity index is 768. The zero-order chi connectivity index (χ0) is 17.9. The second kappa shape index (κ2) is 7.01. The van der Waals surface area contributed by atoms with Crippen molar-refractivity contribution >= 4 is 11.4 Å². The van der Waals surface area contributed by atoms with E-state index in [0.717, 1.165) is 31.1 Å². The lowest BCUT2D eigenvalue weighted by Gasteiger charge is -2.35. The van der Waals surface area contributed by atoms with Crippen molar-refractivity contribution in [1.29, 1.82) is 5.26 Å². The standard InChI is InChI=1S/C18H17F3N4/c19-18(20,21)17-9-14(6-5-13(17)10-22)24-15-3-2-8-25(12-15)16-4-1-7-23-11-16/h1,4-7,9,11,15,24H,2-3,8,12H2. The molecule has 1 fully saturated rings. The minimum Gasteiger partial charge on any atom is -0.381 e. The Morgan fingerprint density at radius 3 is 2.80 bits per heavy atom. The number of aromatic nitrogens is 1. The smallest absolute Gasteiger partial charge is 0.381 e. The van der Waals surface area contributed by atoms with Crippen LogP contribution in [-0.2, 0) is 6.18 Å². The van der Waals surface area contributed by atoms with Gasteiger partial charge in [-0.15, -0.1) is 0 Å². The number of hydrogen-bond acceptors (Lipinski definition) is 4. The van der Waals surface area contributed by atoms with Gasteiger partial charge in [0.15, 0.2) is 0 Å². The van der Waals surface area contributed by atoms with Crippen LogP contribution in [0.5, 0.6) is 0 Å². The summed E-state index contributed by atoms with van der Waals surface area (Å²) in [5, 5.41) is 12.0. The molecule has 0 bridgehead atoms. The normalized spacial score (nSPS) is 17.8. The Kier molecular flexibility index (Phi) is 4.79. The molecular weight excluding hydrogens is 329 g/mol. The molecule has 1 saturated heterocycles. The van der Waals surface area contributed by atoms with Gasteiger partial charge < -0.3 is 10.2 Å². The van der Waals surface area contributed by atoms with Gasteiger partial charge in [-0.25, -0.2) is 0 Å². The Hall–Kier alpha value is -2.75. The van der Waals surface area contributed by atoms with Gasteiger partial charge in [0, 0.05) is 31.0 Å². The molecule has 2 heterocycles. The summed E-state index contributed by atoms with van der Waals surface area (Å²) >= 11 is 0. The van der Waals surface area contributed by atoms with Gasteiger partial charge in [0.25, 0.3) is 0 Å². The molecule has 4 nitrogen and oxygen atoms in total. The van der Waals surface area contributed by atoms with E-state index in [1.807, 2.05) is 12.1 Å². The molecule has 1 aromatic heterocycles. The molecule has 3 rings (SSSR count). The van der Waals surface area contributed by atoms with E-state index in [1.165, 1.54) is 12.1 Å². The Balaban J connectivity index is 1.75. The Morgan fingerprint density at radius 2 is 2.12 bits per heavy atom. The molecule has 1 aliphatic heterocycles. The molecule has 1 atom stereocenters. The maximum absolute atomic E-state index is 13.1. The van der Waals surface area contributed by atoms with E-state index in [-0.39, 0.29) is 11.6 Å². The van der Waals surface area contributed by atoms with Crippen molar-refractivity contribution in [3.8, 4) is 6.07 Å². The summed E-state index contributed by atoms with van der Waals surface area (Å²) in [6.07, 6.45) is 0.759. The Morgan fingerprint density at radius 1 is 1.28 bits per heavy atom. The SMILES string of the molecule is N#Cc1ccc(NC2CCCN(c3cccnc3)C2)cc1C(F)(F)F. The molecule has 0 radical (unpaired) electrons. The number of anilines is 2. The summed E-state index contributed by atoms with van der Waals surface area (Å²) in [6.45, 7) is 1.58. The van der Waals surface area contributed by atoms with E-state index in [9.17, 15) is 13.2 Å². The minimum absolute atomic E-state index is 0.0305. The van der Waals surface area contributed by atoms with Crippen molar-refractivity contribution in [3.63, 3.8) is 0 Å². The number of hydrogen-bond donors (Lipinski definition) is 1. The highest BCUT2D eigenvalue weighted by Gasteiger charge is 2.34. The van der Waals surface area contributed by atoms with Crippen molar-refractivity contribution in [2.45, 2.75) is 25.1 Å². The van der Waals surface area contributed by atoms with Crippen LogP contribution in [0.4, 0.5) is 24.5 Å². The lowest BCUT2D eigenvalue weighted by molar-refractivity contribution is -0.137. The van der Waals surface area contributed by atoms with Gasteiger partial charge >= 0.3 is 6.18 Å². The third-order valence-corrected chi connectivity index (χ3v) is 4.25. The number of alkyl halides is 3. The number of nitrogens with one attached hydrogen (secondary N) is 1. The average molecular weight is 346 g/mol. The lowest BCUT2D eigenvalue weighted by Crippen LogP contribution is -2.42. The van der Waals surface area contributed by atoms with Crippen molar-refractivity contribution in [2.75, 3.05) is 23.3 Å². The van der Waals surface area contributed by atoms with Gasteiger partial charge in [-0.05, 0) is 43.2 Å². The van der Waals surface area contributed by atoms with E-state index in [1.54, 1.807) is 18.5 Å². The second-order valence-electron chi connectivity index (χ2n) is 6.01. The largest absolute Gasteiger partial charge is 0.417 e. The van der Waals surface area contributed by atoms with Crippen LogP contribution in [0.3, 0.4) is 0 Å². The number of halogens is 3. The molecule has 1 aromatic carbocycles. The molecule has 0 saturated carbocycles. The van der Waals surface area contributed by atoms with Crippen LogP contribution in [0, 0.1) is 11.3 Å². The van der Waals surface area contributed by atoms with Crippen molar-refractivity contribution in [2.24, 2.45) is 0 Å². The van der Waals surface area contributed by atoms with Crippen LogP contribution in [0.25, 0.3) is 0 Å². The number of piperidine rings is 1. The molecule has 1 N–H and O–H groups in total. The first-order valence-electron chi connectivity index (χ1n) is 8.00. The van der Waals surface area contributed by atoms with Crippen LogP contribution in [0.15, 0.2) is 42.7 Å². The van der Waals surface area contributed by atoms with Crippen LogP contribution >= 0.6 is 0 Å². The molecule has 0 amide bonds. The summed E-state index contributed by atoms with van der Waals surface area (Å²) in [5.74, 6) is 0. The Labute approximate surface area is 143 Å². The third kappa shape index (κ3) is 4.02. The zero-order valence-electron chi connectivity index (χ0n) is 13.4. The lowest BCUT2D eigenvalue weighted by atomic mass is 10.0. The number of pyridine rings is 1. The monoisotopic (exact) mass is 346 g/mol. The molecule has 0 aliphatic carbocycles. The summed E-state index contributed by atoms with van der Waals surface area (Å²) in [6, 6.07) is 9.22. The first-order chi connectivity index (χ1) is 12.0. The summed E-state index contributed by atoms with van der Waals surface area (Å²) in [7, 11) is 0. The fourth-order valence-corrected chi connectivity index (χ4v) is 3.07. The molecule has 1 aliphatic rings. The third-order valence-electron chi connectivity index (χ3n) is 4.25. The number of nitriles is 1. The molecule has 130 valence electrons. The van der Waals surface area contributed by atoms with Gasteiger partial charge in [0.05, 0.1) is 29.1 Å². The maximum Gasteiger partial charge on any atom is 0.417 e. The van der Waals surface area contributed by atoms with E-state index in [4.69, 9.17) is 5.26 Å². The van der Waals surface area contributed by atoms with E-state index < -0.39 is 11.7 Å². The van der Waals surface area contributed by atoms with Gasteiger partial charge in [-0.1, -0.05) is 0 Å². The summed E-state index contributed by atoms with van der Waals surface area (Å²) in [5.41, 5.74) is 0.118. The van der Waals surface area contributed by atoms with Gasteiger partial charge in [0.1, 0.15) is 0 Å². The number of nitrogens with zero attached hydrogens (tertiary/aromatic N) is 3. The van der Waals surface area contributed by atoms with Gasteiger partial charge in [-0.3, -0.25) is 4.98 Å². The molecule has 0 spiro atoms. The van der Waals surface area contributed by atoms with Crippen LogP contribution in [0.1, 0.15) is 24.0 Å². The maximum atomic E-state index is 13.1. The van der Waals surface area contributed by atoms with Gasteiger partial charge in [0.2, 0.25) is 0 Å². The average Bonchev–Trinajstić information content (AvgIpc) is 2.62. The first-order valence-corrected chi connectivity index (χ1v) is 8.00. The fourth-order valence-electron chi connectivity index (χ4n) is 3.07. The van der Waals surface area contributed by atoms with E-state index >= 15 is 0 Å². The van der Waals surface area contributed by atoms with Crippen LogP contribution in [0.2, 0.25) is 0 Å². The second-order valence-corrected chi connectivity index (χ2v) is 6.01. The van der Waals surface area contributed by atoms with Gasteiger partial charge in [-0.2, -0.15) is 18.4 Å². The zero-order valence-corrected chi connectivity index (χ0v) is 13.4. The predicted octanol–water partition coefficient (Wildman–Crippen LogP) is 4.05. The molecule has 7 heteroatoms. The van der Waals surface area contributed by atoms with Crippen LogP contribution in [-0.4, -0.2) is 24.1 Å². The highest BCUT2D eigenvalue weighted by molar-refractivity contribution is 5.54. The van der Waals surface area contributed by atoms with Crippen molar-refractivity contribution < 1.29 is 13.2 Å². The number of rotatable bonds is 3. The van der Waals surface area contributed by atoms with E-state index in [2.05, 4.69) is 15.2 Å². The topological polar surface area (TPSA) is 52.0 Å². The van der Waals surface area contributed by atoms with Crippen molar-refractivity contribution in [3.05, 3.63) is 53.9 Å². The molecule has 1 unspecified atom stereocenters. The number of benzene rings is 1. The fraction of sp³-hybridized carbons (Fsp3) is 0.333. The quantitative estimate of drug-likeness (QED) is 0.911. The predicted molar refractivity (Wildman–Crippen MR) is 89.3 cm³/mol. The highest BCUT2D eigenvalue weighted by atomic mass is 19.4. The summed E-state index contributed by atoms with van der Waals surface area (Å²) in [4.78, 5) is 6.28. The van der Waals surface area contributed by atoms with Crippen molar-refractivity contribution in [1.82, 2.24) is 4.98 Å². The van der Waals surface area contributed by atoms with Crippen LogP contribution < -0.4 is 10.2 Å². The first kappa shape index (κ1) is 17.1. The summed E-state index contributed by atoms with van der Waals surface area (Å²) < 4.78 is 39.2.